The summed E-state index contributed by atoms with van der Waals surface area (Å²) in [6, 6.07) is 6.61. The number of benzene rings is 1. The molecule has 1 amide bonds. The molecule has 0 saturated heterocycles. The lowest BCUT2D eigenvalue weighted by Crippen LogP contribution is -2.36. The van der Waals surface area contributed by atoms with Crippen molar-refractivity contribution < 1.29 is 33.0 Å². The van der Waals surface area contributed by atoms with Gasteiger partial charge in [0, 0.05) is 5.69 Å². The molecule has 0 fully saturated rings. The number of hydrogen-bond acceptors (Lipinski definition) is 7. The molecule has 0 heterocycles. The van der Waals surface area contributed by atoms with Crippen molar-refractivity contribution in [3.05, 3.63) is 29.8 Å². The molecule has 33 heavy (non-hydrogen) atoms. The van der Waals surface area contributed by atoms with Crippen LogP contribution in [0.25, 0.3) is 0 Å². The fourth-order valence-electron chi connectivity index (χ4n) is 3.03. The molecule has 1 rings (SSSR count). The molecule has 1 aromatic carbocycles. The number of nitrogens with two attached hydrogens (primary N) is 1. The van der Waals surface area contributed by atoms with Gasteiger partial charge in [-0.3, -0.25) is 13.9 Å². The van der Waals surface area contributed by atoms with Crippen molar-refractivity contribution >= 4 is 25.3 Å². The van der Waals surface area contributed by atoms with Gasteiger partial charge in [-0.2, -0.15) is 0 Å². The Kier molecular flexibility index (Phi) is 14.0. The third-order valence-electron chi connectivity index (χ3n) is 4.84. The summed E-state index contributed by atoms with van der Waals surface area (Å²) in [6.45, 7) is 4.74. The van der Waals surface area contributed by atoms with Gasteiger partial charge in [-0.25, -0.2) is 4.79 Å². The van der Waals surface area contributed by atoms with E-state index in [9.17, 15) is 19.0 Å². The molecule has 188 valence electrons. The summed E-state index contributed by atoms with van der Waals surface area (Å²) < 4.78 is 26.0. The van der Waals surface area contributed by atoms with Gasteiger partial charge in [0.1, 0.15) is 0 Å². The van der Waals surface area contributed by atoms with E-state index in [4.69, 9.17) is 15.0 Å². The molecule has 1 unspecified atom stereocenters. The summed E-state index contributed by atoms with van der Waals surface area (Å²) in [6.07, 6.45) is 6.44. The smallest absolute Gasteiger partial charge is 0.432 e. The molecule has 0 aliphatic rings. The molecule has 10 heteroatoms. The zero-order chi connectivity index (χ0) is 24.7. The maximum atomic E-state index is 12.4. The molecule has 0 aliphatic heterocycles. The number of aryl methyl sites for hydroxylation is 1. The fraction of sp³-hybridized carbons (Fsp3) is 0.652. The number of nitrogens with one attached hydrogen (secondary N) is 1. The summed E-state index contributed by atoms with van der Waals surface area (Å²) in [5.41, 5.74) is 7.65. The summed E-state index contributed by atoms with van der Waals surface area (Å²) in [5.74, 6) is -0.455. The number of ether oxygens (including phenoxy) is 2. The van der Waals surface area contributed by atoms with Crippen molar-refractivity contribution in [1.29, 1.82) is 0 Å². The van der Waals surface area contributed by atoms with Gasteiger partial charge in [0.2, 0.25) is 12.7 Å². The first-order chi connectivity index (χ1) is 15.6. The molecule has 4 N–H and O–H groups in total. The van der Waals surface area contributed by atoms with Gasteiger partial charge in [0.05, 0.1) is 18.3 Å². The molecule has 0 aromatic heterocycles. The van der Waals surface area contributed by atoms with Crippen LogP contribution < -0.4 is 11.1 Å². The zero-order valence-electron chi connectivity index (χ0n) is 20.0. The lowest BCUT2D eigenvalue weighted by Gasteiger charge is -2.16. The molecule has 0 aliphatic carbocycles. The Hall–Kier alpha value is -1.93. The van der Waals surface area contributed by atoms with E-state index in [1.165, 1.54) is 32.1 Å². The van der Waals surface area contributed by atoms with Crippen LogP contribution >= 0.6 is 7.60 Å². The average molecular weight is 487 g/mol. The number of hydrogen-bond donors (Lipinski definition) is 3. The van der Waals surface area contributed by atoms with Crippen molar-refractivity contribution in [1.82, 2.24) is 0 Å². The highest BCUT2D eigenvalue weighted by molar-refractivity contribution is 7.52. The fourth-order valence-corrected chi connectivity index (χ4v) is 3.98. The minimum Gasteiger partial charge on any atom is -0.432 e. The average Bonchev–Trinajstić information content (AvgIpc) is 2.74. The Bertz CT molecular complexity index is 773. The lowest BCUT2D eigenvalue weighted by molar-refractivity contribution is -0.117. The lowest BCUT2D eigenvalue weighted by atomic mass is 10.0. The first-order valence-electron chi connectivity index (χ1n) is 11.6. The van der Waals surface area contributed by atoms with Crippen LogP contribution in [0.5, 0.6) is 0 Å². The highest BCUT2D eigenvalue weighted by Crippen LogP contribution is 2.42. The van der Waals surface area contributed by atoms with E-state index in [-0.39, 0.29) is 18.7 Å². The molecule has 0 spiro atoms. The maximum absolute atomic E-state index is 12.4. The van der Waals surface area contributed by atoms with Crippen LogP contribution in [0, 0.1) is 0 Å². The minimum atomic E-state index is -4.08. The molecular weight excluding hydrogens is 447 g/mol. The largest absolute Gasteiger partial charge is 0.510 e. The third-order valence-corrected chi connectivity index (χ3v) is 6.17. The van der Waals surface area contributed by atoms with Crippen LogP contribution in [0.2, 0.25) is 0 Å². The van der Waals surface area contributed by atoms with Crippen LogP contribution in [-0.2, 0) is 29.8 Å². The van der Waals surface area contributed by atoms with Gasteiger partial charge < -0.3 is 25.4 Å². The predicted octanol–water partition coefficient (Wildman–Crippen LogP) is 4.97. The van der Waals surface area contributed by atoms with Gasteiger partial charge in [0.25, 0.3) is 0 Å². The zero-order valence-corrected chi connectivity index (χ0v) is 20.9. The number of unbranched alkanes of at least 4 members (excludes halogenated alkanes) is 5. The molecule has 0 bridgehead atoms. The summed E-state index contributed by atoms with van der Waals surface area (Å²) in [5, 5.41) is 2.75. The van der Waals surface area contributed by atoms with Crippen molar-refractivity contribution in [2.24, 2.45) is 5.73 Å². The van der Waals surface area contributed by atoms with E-state index >= 15 is 0 Å². The first-order valence-corrected chi connectivity index (χ1v) is 13.3. The number of rotatable bonds is 16. The normalized spacial score (nSPS) is 13.9. The van der Waals surface area contributed by atoms with Crippen LogP contribution in [0.3, 0.4) is 0 Å². The van der Waals surface area contributed by atoms with E-state index in [2.05, 4.69) is 17.0 Å². The van der Waals surface area contributed by atoms with Crippen LogP contribution in [0.4, 0.5) is 10.5 Å². The standard InChI is InChI=1S/C23H39N2O7P/c1-4-5-6-7-8-9-11-19-12-10-13-20(16-19)25-22(26)21(24)14-15-33(28,29)31-17-30-23(27)32-18(2)3/h10,12-13,16,18,21H,4-9,11,14-15,17,24H2,1-3H3,(H,25,26)(H,28,29)/t21-/m1/s1. The number of carbonyl (C=O) groups is 2. The van der Waals surface area contributed by atoms with Crippen molar-refractivity contribution in [3.8, 4) is 0 Å². The third kappa shape index (κ3) is 14.0. The number of carbonyl (C=O) groups excluding carboxylic acids is 2. The van der Waals surface area contributed by atoms with Gasteiger partial charge in [-0.1, -0.05) is 51.2 Å². The van der Waals surface area contributed by atoms with Crippen molar-refractivity contribution in [2.45, 2.75) is 84.3 Å². The Morgan fingerprint density at radius 2 is 1.85 bits per heavy atom. The molecule has 0 radical (unpaired) electrons. The maximum Gasteiger partial charge on any atom is 0.510 e. The summed E-state index contributed by atoms with van der Waals surface area (Å²) in [4.78, 5) is 33.4. The molecule has 1 aromatic rings. The summed E-state index contributed by atoms with van der Waals surface area (Å²) >= 11 is 0. The quantitative estimate of drug-likeness (QED) is 0.129. The second-order valence-electron chi connectivity index (χ2n) is 8.27. The van der Waals surface area contributed by atoms with Gasteiger partial charge in [0.15, 0.2) is 0 Å². The Morgan fingerprint density at radius 1 is 1.15 bits per heavy atom. The summed E-state index contributed by atoms with van der Waals surface area (Å²) in [7, 11) is -4.08. The monoisotopic (exact) mass is 486 g/mol. The minimum absolute atomic E-state index is 0.0759. The highest BCUT2D eigenvalue weighted by atomic mass is 31.2. The van der Waals surface area contributed by atoms with Crippen molar-refractivity contribution in [2.75, 3.05) is 18.3 Å². The van der Waals surface area contributed by atoms with Crippen LogP contribution in [0.15, 0.2) is 24.3 Å². The van der Waals surface area contributed by atoms with E-state index in [1.807, 2.05) is 18.2 Å². The van der Waals surface area contributed by atoms with E-state index < -0.39 is 32.5 Å². The van der Waals surface area contributed by atoms with E-state index in [0.717, 1.165) is 18.4 Å². The Balaban J connectivity index is 2.38. The molecule has 2 atom stereocenters. The van der Waals surface area contributed by atoms with Gasteiger partial charge in [-0.05, 0) is 50.8 Å². The molecule has 9 nitrogen and oxygen atoms in total. The van der Waals surface area contributed by atoms with Gasteiger partial charge >= 0.3 is 13.8 Å². The number of anilines is 1. The SMILES string of the molecule is CCCCCCCCc1cccc(NC(=O)[C@H](N)CCP(=O)(O)OCOC(=O)OC(C)C)c1. The first kappa shape index (κ1) is 29.1. The topological polar surface area (TPSA) is 137 Å². The second kappa shape index (κ2) is 15.8. The van der Waals surface area contributed by atoms with Gasteiger partial charge in [-0.15, -0.1) is 0 Å². The van der Waals surface area contributed by atoms with E-state index in [0.29, 0.717) is 5.69 Å². The molecule has 0 saturated carbocycles. The van der Waals surface area contributed by atoms with Crippen LogP contribution in [0.1, 0.15) is 71.3 Å². The second-order valence-corrected chi connectivity index (χ2v) is 10.3. The Labute approximate surface area is 196 Å². The van der Waals surface area contributed by atoms with Crippen molar-refractivity contribution in [3.63, 3.8) is 0 Å². The molecular formula is C23H39N2O7P. The van der Waals surface area contributed by atoms with E-state index in [1.54, 1.807) is 19.9 Å². The van der Waals surface area contributed by atoms with Crippen LogP contribution in [-0.4, -0.2) is 42.1 Å². The Morgan fingerprint density at radius 3 is 2.55 bits per heavy atom. The highest BCUT2D eigenvalue weighted by Gasteiger charge is 2.24. The number of amides is 1. The predicted molar refractivity (Wildman–Crippen MR) is 128 cm³/mol.